The molecule has 0 aliphatic heterocycles. The Bertz CT molecular complexity index is 876. The summed E-state index contributed by atoms with van der Waals surface area (Å²) < 4.78 is 0. The molecule has 0 fully saturated rings. The lowest BCUT2D eigenvalue weighted by Crippen LogP contribution is -2.34. The third kappa shape index (κ3) is 4.71. The molecule has 2 aromatic rings. The van der Waals surface area contributed by atoms with Gasteiger partial charge in [0.05, 0.1) is 18.8 Å². The van der Waals surface area contributed by atoms with Crippen LogP contribution in [0.25, 0.3) is 0 Å². The standard InChI is InChI=1S/C21H27N3O3/c1-12-8-7-9-13(2)20(12)23-18(27)11-24(6)10-17(26)21-14(3)19(16(5)25)15(4)22-21/h7-9,22H,10-11H2,1-6H3,(H,23,27). The summed E-state index contributed by atoms with van der Waals surface area (Å²) in [5, 5.41) is 2.92. The van der Waals surface area contributed by atoms with Gasteiger partial charge in [-0.25, -0.2) is 0 Å². The number of amides is 1. The van der Waals surface area contributed by atoms with Crippen LogP contribution in [0.1, 0.15) is 50.2 Å². The van der Waals surface area contributed by atoms with Crippen molar-refractivity contribution < 1.29 is 14.4 Å². The van der Waals surface area contributed by atoms with E-state index in [2.05, 4.69) is 10.3 Å². The summed E-state index contributed by atoms with van der Waals surface area (Å²) in [5.74, 6) is -0.390. The van der Waals surface area contributed by atoms with Crippen LogP contribution < -0.4 is 5.32 Å². The van der Waals surface area contributed by atoms with E-state index in [0.29, 0.717) is 22.5 Å². The van der Waals surface area contributed by atoms with Gasteiger partial charge in [0.1, 0.15) is 0 Å². The summed E-state index contributed by atoms with van der Waals surface area (Å²) >= 11 is 0. The summed E-state index contributed by atoms with van der Waals surface area (Å²) in [4.78, 5) is 41.3. The first-order valence-electron chi connectivity index (χ1n) is 8.89. The summed E-state index contributed by atoms with van der Waals surface area (Å²) in [6.45, 7) is 9.10. The third-order valence-corrected chi connectivity index (χ3v) is 4.64. The lowest BCUT2D eigenvalue weighted by Gasteiger charge is -2.17. The molecule has 6 nitrogen and oxygen atoms in total. The number of para-hydroxylation sites is 1. The summed E-state index contributed by atoms with van der Waals surface area (Å²) in [7, 11) is 1.72. The number of aromatic amines is 1. The number of ketones is 2. The molecule has 0 aliphatic carbocycles. The zero-order chi connectivity index (χ0) is 20.3. The number of anilines is 1. The van der Waals surface area contributed by atoms with Crippen LogP contribution in [0.2, 0.25) is 0 Å². The van der Waals surface area contributed by atoms with Crippen LogP contribution >= 0.6 is 0 Å². The molecule has 0 bridgehead atoms. The highest BCUT2D eigenvalue weighted by Crippen LogP contribution is 2.20. The normalized spacial score (nSPS) is 10.9. The van der Waals surface area contributed by atoms with Gasteiger partial charge in [0.25, 0.3) is 0 Å². The van der Waals surface area contributed by atoms with Crippen molar-refractivity contribution in [2.24, 2.45) is 0 Å². The van der Waals surface area contributed by atoms with Crippen molar-refractivity contribution in [3.63, 3.8) is 0 Å². The van der Waals surface area contributed by atoms with E-state index in [4.69, 9.17) is 0 Å². The van der Waals surface area contributed by atoms with Crippen LogP contribution in [0.15, 0.2) is 18.2 Å². The van der Waals surface area contributed by atoms with E-state index in [1.165, 1.54) is 6.92 Å². The van der Waals surface area contributed by atoms with E-state index in [0.717, 1.165) is 16.8 Å². The van der Waals surface area contributed by atoms with Crippen molar-refractivity contribution in [1.29, 1.82) is 0 Å². The smallest absolute Gasteiger partial charge is 0.238 e. The quantitative estimate of drug-likeness (QED) is 0.734. The molecule has 0 atom stereocenters. The number of Topliss-reactive ketones (excluding diaryl/α,β-unsaturated/α-hetero) is 2. The topological polar surface area (TPSA) is 82.3 Å². The molecule has 0 radical (unpaired) electrons. The fraction of sp³-hybridized carbons (Fsp3) is 0.381. The van der Waals surface area contributed by atoms with Gasteiger partial charge in [0, 0.05) is 16.9 Å². The van der Waals surface area contributed by atoms with Crippen molar-refractivity contribution in [3.05, 3.63) is 51.8 Å². The molecular weight excluding hydrogens is 342 g/mol. The van der Waals surface area contributed by atoms with Crippen LogP contribution in [0.3, 0.4) is 0 Å². The predicted molar refractivity (Wildman–Crippen MR) is 107 cm³/mol. The molecule has 1 aromatic carbocycles. The Morgan fingerprint density at radius 3 is 2.15 bits per heavy atom. The molecule has 2 rings (SSSR count). The fourth-order valence-electron chi connectivity index (χ4n) is 3.37. The van der Waals surface area contributed by atoms with Gasteiger partial charge in [0.15, 0.2) is 11.6 Å². The number of carbonyl (C=O) groups excluding carboxylic acids is 3. The Morgan fingerprint density at radius 2 is 1.63 bits per heavy atom. The lowest BCUT2D eigenvalue weighted by atomic mass is 10.1. The molecule has 0 saturated heterocycles. The molecule has 2 N–H and O–H groups in total. The second-order valence-corrected chi connectivity index (χ2v) is 7.09. The first kappa shape index (κ1) is 20.6. The molecule has 0 saturated carbocycles. The number of hydrogen-bond acceptors (Lipinski definition) is 4. The van der Waals surface area contributed by atoms with Crippen molar-refractivity contribution in [2.75, 3.05) is 25.5 Å². The minimum absolute atomic E-state index is 0.0679. The Hall–Kier alpha value is -2.73. The van der Waals surface area contributed by atoms with Gasteiger partial charge in [-0.1, -0.05) is 18.2 Å². The minimum Gasteiger partial charge on any atom is -0.355 e. The van der Waals surface area contributed by atoms with E-state index >= 15 is 0 Å². The van der Waals surface area contributed by atoms with Crippen molar-refractivity contribution in [3.8, 4) is 0 Å². The maximum Gasteiger partial charge on any atom is 0.238 e. The van der Waals surface area contributed by atoms with E-state index in [9.17, 15) is 14.4 Å². The van der Waals surface area contributed by atoms with E-state index in [-0.39, 0.29) is 30.6 Å². The largest absolute Gasteiger partial charge is 0.355 e. The van der Waals surface area contributed by atoms with Crippen molar-refractivity contribution >= 4 is 23.2 Å². The molecule has 0 spiro atoms. The number of benzene rings is 1. The molecule has 144 valence electrons. The Kier molecular flexibility index (Phi) is 6.33. The number of H-pyrrole nitrogens is 1. The van der Waals surface area contributed by atoms with Gasteiger partial charge >= 0.3 is 0 Å². The molecule has 1 aromatic heterocycles. The molecule has 27 heavy (non-hydrogen) atoms. The molecule has 1 amide bonds. The number of likely N-dealkylation sites (N-methyl/N-ethyl adjacent to an activating group) is 1. The predicted octanol–water partition coefficient (Wildman–Crippen LogP) is 3.20. The van der Waals surface area contributed by atoms with Crippen LogP contribution in [0.4, 0.5) is 5.69 Å². The van der Waals surface area contributed by atoms with Crippen LogP contribution in [-0.4, -0.2) is 47.5 Å². The molecule has 0 unspecified atom stereocenters. The highest BCUT2D eigenvalue weighted by Gasteiger charge is 2.21. The maximum atomic E-state index is 12.6. The highest BCUT2D eigenvalue weighted by molar-refractivity contribution is 6.04. The van der Waals surface area contributed by atoms with Crippen LogP contribution in [-0.2, 0) is 4.79 Å². The van der Waals surface area contributed by atoms with Gasteiger partial charge in [0.2, 0.25) is 5.91 Å². The van der Waals surface area contributed by atoms with Gasteiger partial charge in [-0.2, -0.15) is 0 Å². The zero-order valence-electron chi connectivity index (χ0n) is 16.8. The maximum absolute atomic E-state index is 12.6. The number of hydrogen-bond donors (Lipinski definition) is 2. The summed E-state index contributed by atoms with van der Waals surface area (Å²) in [5.41, 5.74) is 5.16. The van der Waals surface area contributed by atoms with Crippen LogP contribution in [0, 0.1) is 27.7 Å². The van der Waals surface area contributed by atoms with Gasteiger partial charge < -0.3 is 10.3 Å². The average Bonchev–Trinajstić information content (AvgIpc) is 2.85. The first-order valence-corrected chi connectivity index (χ1v) is 8.89. The number of rotatable bonds is 7. The Labute approximate surface area is 160 Å². The second kappa shape index (κ2) is 8.31. The fourth-order valence-corrected chi connectivity index (χ4v) is 3.37. The number of aromatic nitrogens is 1. The van der Waals surface area contributed by atoms with E-state index in [1.54, 1.807) is 25.8 Å². The van der Waals surface area contributed by atoms with Gasteiger partial charge in [-0.3, -0.25) is 19.3 Å². The number of carbonyl (C=O) groups is 3. The zero-order valence-corrected chi connectivity index (χ0v) is 16.8. The summed E-state index contributed by atoms with van der Waals surface area (Å²) in [6.07, 6.45) is 0. The van der Waals surface area contributed by atoms with Gasteiger partial charge in [-0.05, 0) is 58.4 Å². The summed E-state index contributed by atoms with van der Waals surface area (Å²) in [6, 6.07) is 5.83. The van der Waals surface area contributed by atoms with Crippen molar-refractivity contribution in [1.82, 2.24) is 9.88 Å². The third-order valence-electron chi connectivity index (χ3n) is 4.64. The van der Waals surface area contributed by atoms with Crippen LogP contribution in [0.5, 0.6) is 0 Å². The first-order chi connectivity index (χ1) is 12.6. The average molecular weight is 369 g/mol. The Balaban J connectivity index is 2.02. The number of aryl methyl sites for hydroxylation is 3. The monoisotopic (exact) mass is 369 g/mol. The Morgan fingerprint density at radius 1 is 1.04 bits per heavy atom. The number of nitrogens with zero attached hydrogens (tertiary/aromatic N) is 1. The second-order valence-electron chi connectivity index (χ2n) is 7.09. The van der Waals surface area contributed by atoms with Crippen molar-refractivity contribution in [2.45, 2.75) is 34.6 Å². The molecule has 6 heteroatoms. The van der Waals surface area contributed by atoms with E-state index < -0.39 is 0 Å². The van der Waals surface area contributed by atoms with Gasteiger partial charge in [-0.15, -0.1) is 0 Å². The minimum atomic E-state index is -0.175. The molecule has 1 heterocycles. The highest BCUT2D eigenvalue weighted by atomic mass is 16.2. The lowest BCUT2D eigenvalue weighted by molar-refractivity contribution is -0.116. The SMILES string of the molecule is CC(=O)c1c(C)[nH]c(C(=O)CN(C)CC(=O)Nc2c(C)cccc2C)c1C. The molecular formula is C21H27N3O3. The number of nitrogens with one attached hydrogen (secondary N) is 2. The molecule has 0 aliphatic rings. The van der Waals surface area contributed by atoms with E-state index in [1.807, 2.05) is 32.0 Å².